The van der Waals surface area contributed by atoms with E-state index < -0.39 is 0 Å². The smallest absolute Gasteiger partial charge is 0.123 e. The van der Waals surface area contributed by atoms with Crippen LogP contribution in [-0.4, -0.2) is 11.5 Å². The van der Waals surface area contributed by atoms with Crippen LogP contribution in [-0.2, 0) is 12.8 Å². The van der Waals surface area contributed by atoms with Crippen molar-refractivity contribution in [1.29, 1.82) is 0 Å². The number of aromatic nitrogens is 1. The Bertz CT molecular complexity index is 805. The molecule has 2 nitrogen and oxygen atoms in total. The third-order valence-electron chi connectivity index (χ3n) is 4.37. The number of nitrogens with two attached hydrogens (primary N) is 1. The summed E-state index contributed by atoms with van der Waals surface area (Å²) in [4.78, 5) is 3.49. The number of halogens is 1. The van der Waals surface area contributed by atoms with Crippen LogP contribution in [0.15, 0.2) is 42.5 Å². The highest BCUT2D eigenvalue weighted by molar-refractivity contribution is 5.91. The monoisotopic (exact) mass is 310 g/mol. The summed E-state index contributed by atoms with van der Waals surface area (Å²) >= 11 is 0. The van der Waals surface area contributed by atoms with Gasteiger partial charge in [0.05, 0.1) is 0 Å². The Morgan fingerprint density at radius 2 is 1.96 bits per heavy atom. The number of fused-ring (bicyclic) bond motifs is 1. The highest BCUT2D eigenvalue weighted by Crippen LogP contribution is 2.32. The molecule has 0 amide bonds. The van der Waals surface area contributed by atoms with Crippen LogP contribution in [0.25, 0.3) is 22.2 Å². The Balaban J connectivity index is 2.13. The Kier molecular flexibility index (Phi) is 4.77. The maximum atomic E-state index is 13.6. The zero-order chi connectivity index (χ0) is 16.2. The van der Waals surface area contributed by atoms with E-state index in [0.717, 1.165) is 42.5 Å². The molecular weight excluding hydrogens is 287 g/mol. The van der Waals surface area contributed by atoms with E-state index in [9.17, 15) is 4.39 Å². The molecule has 0 aliphatic rings. The van der Waals surface area contributed by atoms with Gasteiger partial charge in [0.2, 0.25) is 0 Å². The fourth-order valence-corrected chi connectivity index (χ4v) is 3.11. The number of hydrogen-bond donors (Lipinski definition) is 2. The Morgan fingerprint density at radius 3 is 2.70 bits per heavy atom. The van der Waals surface area contributed by atoms with Crippen LogP contribution in [0, 0.1) is 5.82 Å². The number of H-pyrrole nitrogens is 1. The summed E-state index contributed by atoms with van der Waals surface area (Å²) in [5.74, 6) is -0.205. The topological polar surface area (TPSA) is 41.8 Å². The Hall–Kier alpha value is -2.13. The van der Waals surface area contributed by atoms with Crippen molar-refractivity contribution in [2.24, 2.45) is 5.73 Å². The first-order chi connectivity index (χ1) is 11.2. The average molecular weight is 310 g/mol. The number of nitrogens with one attached hydrogen (secondary N) is 1. The summed E-state index contributed by atoms with van der Waals surface area (Å²) in [6.45, 7) is 2.87. The molecule has 1 aromatic heterocycles. The van der Waals surface area contributed by atoms with Gasteiger partial charge in [-0.3, -0.25) is 0 Å². The molecule has 3 aromatic rings. The van der Waals surface area contributed by atoms with Crippen LogP contribution in [0.1, 0.15) is 30.9 Å². The van der Waals surface area contributed by atoms with E-state index in [1.807, 2.05) is 6.07 Å². The molecule has 0 bridgehead atoms. The fraction of sp³-hybridized carbons (Fsp3) is 0.300. The summed E-state index contributed by atoms with van der Waals surface area (Å²) in [6.07, 6.45) is 4.01. The number of aryl methyl sites for hydroxylation is 2. The van der Waals surface area contributed by atoms with Crippen molar-refractivity contribution < 1.29 is 4.39 Å². The van der Waals surface area contributed by atoms with Crippen molar-refractivity contribution >= 4 is 10.9 Å². The molecular formula is C20H23FN2. The number of rotatable bonds is 6. The molecule has 1 heterocycles. The van der Waals surface area contributed by atoms with Gasteiger partial charge >= 0.3 is 0 Å². The van der Waals surface area contributed by atoms with Gasteiger partial charge in [-0.25, -0.2) is 4.39 Å². The molecule has 0 aliphatic carbocycles. The molecule has 0 aliphatic heterocycles. The number of aromatic amines is 1. The van der Waals surface area contributed by atoms with Crippen molar-refractivity contribution in [3.05, 3.63) is 59.4 Å². The summed E-state index contributed by atoms with van der Waals surface area (Å²) in [7, 11) is 0. The minimum absolute atomic E-state index is 0.205. The summed E-state index contributed by atoms with van der Waals surface area (Å²) in [5.41, 5.74) is 11.3. The summed E-state index contributed by atoms with van der Waals surface area (Å²) in [5, 5.41) is 1.25. The molecule has 3 N–H and O–H groups in total. The molecule has 3 heteroatoms. The van der Waals surface area contributed by atoms with Gasteiger partial charge in [-0.2, -0.15) is 0 Å². The number of hydrogen-bond acceptors (Lipinski definition) is 1. The van der Waals surface area contributed by atoms with Gasteiger partial charge in [0, 0.05) is 22.2 Å². The molecule has 23 heavy (non-hydrogen) atoms. The predicted molar refractivity (Wildman–Crippen MR) is 95.1 cm³/mol. The molecule has 0 unspecified atom stereocenters. The van der Waals surface area contributed by atoms with Crippen LogP contribution in [0.2, 0.25) is 0 Å². The van der Waals surface area contributed by atoms with Crippen molar-refractivity contribution in [1.82, 2.24) is 4.98 Å². The van der Waals surface area contributed by atoms with Gasteiger partial charge in [0.1, 0.15) is 5.82 Å². The van der Waals surface area contributed by atoms with Crippen LogP contribution >= 0.6 is 0 Å². The minimum atomic E-state index is -0.205. The maximum Gasteiger partial charge on any atom is 0.123 e. The highest BCUT2D eigenvalue weighted by Gasteiger charge is 2.13. The standard InChI is InChI=1S/C20H23FN2/c1-2-14-9-10-19-18(12-14)17(8-3-4-11-22)20(23-19)15-6-5-7-16(21)13-15/h5-7,9-10,12-13,23H,2-4,8,11,22H2,1H3. The lowest BCUT2D eigenvalue weighted by atomic mass is 9.99. The summed E-state index contributed by atoms with van der Waals surface area (Å²) in [6, 6.07) is 13.3. The molecule has 0 saturated carbocycles. The lowest BCUT2D eigenvalue weighted by Gasteiger charge is -2.06. The quantitative estimate of drug-likeness (QED) is 0.630. The third kappa shape index (κ3) is 3.30. The minimum Gasteiger partial charge on any atom is -0.354 e. The van der Waals surface area contributed by atoms with Crippen molar-refractivity contribution in [3.63, 3.8) is 0 Å². The molecule has 0 radical (unpaired) electrons. The largest absolute Gasteiger partial charge is 0.354 e. The van der Waals surface area contributed by atoms with Gasteiger partial charge in [0.15, 0.2) is 0 Å². The van der Waals surface area contributed by atoms with Crippen molar-refractivity contribution in [2.45, 2.75) is 32.6 Å². The lowest BCUT2D eigenvalue weighted by Crippen LogP contribution is -1.99. The molecule has 0 atom stereocenters. The second kappa shape index (κ2) is 6.97. The van der Waals surface area contributed by atoms with Crippen LogP contribution in [0.3, 0.4) is 0 Å². The van der Waals surface area contributed by atoms with Crippen LogP contribution < -0.4 is 5.73 Å². The average Bonchev–Trinajstić information content (AvgIpc) is 2.93. The lowest BCUT2D eigenvalue weighted by molar-refractivity contribution is 0.628. The van der Waals surface area contributed by atoms with E-state index in [2.05, 4.69) is 30.1 Å². The van der Waals surface area contributed by atoms with Crippen molar-refractivity contribution in [2.75, 3.05) is 6.54 Å². The Morgan fingerprint density at radius 1 is 1.09 bits per heavy atom. The van der Waals surface area contributed by atoms with E-state index in [0.29, 0.717) is 6.54 Å². The van der Waals surface area contributed by atoms with E-state index in [1.54, 1.807) is 12.1 Å². The second-order valence-electron chi connectivity index (χ2n) is 5.97. The first kappa shape index (κ1) is 15.8. The third-order valence-corrected chi connectivity index (χ3v) is 4.37. The SMILES string of the molecule is CCc1ccc2[nH]c(-c3cccc(F)c3)c(CCCCN)c2c1. The normalized spacial score (nSPS) is 11.3. The number of benzene rings is 2. The van der Waals surface area contributed by atoms with Gasteiger partial charge in [0.25, 0.3) is 0 Å². The fourth-order valence-electron chi connectivity index (χ4n) is 3.11. The zero-order valence-electron chi connectivity index (χ0n) is 13.5. The van der Waals surface area contributed by atoms with Crippen LogP contribution in [0.5, 0.6) is 0 Å². The zero-order valence-corrected chi connectivity index (χ0v) is 13.5. The first-order valence-corrected chi connectivity index (χ1v) is 8.32. The predicted octanol–water partition coefficient (Wildman–Crippen LogP) is 4.82. The molecule has 120 valence electrons. The Labute approximate surface area is 136 Å². The van der Waals surface area contributed by atoms with Gasteiger partial charge in [-0.15, -0.1) is 0 Å². The molecule has 2 aromatic carbocycles. The van der Waals surface area contributed by atoms with Crippen LogP contribution in [0.4, 0.5) is 4.39 Å². The molecule has 0 spiro atoms. The molecule has 0 fully saturated rings. The van der Waals surface area contributed by atoms with Gasteiger partial charge in [-0.1, -0.05) is 25.1 Å². The number of unbranched alkanes of at least 4 members (excludes halogenated alkanes) is 1. The van der Waals surface area contributed by atoms with E-state index in [-0.39, 0.29) is 5.82 Å². The van der Waals surface area contributed by atoms with E-state index in [1.165, 1.54) is 22.6 Å². The van der Waals surface area contributed by atoms with E-state index in [4.69, 9.17) is 5.73 Å². The first-order valence-electron chi connectivity index (χ1n) is 8.32. The van der Waals surface area contributed by atoms with Gasteiger partial charge < -0.3 is 10.7 Å². The molecule has 0 saturated heterocycles. The highest BCUT2D eigenvalue weighted by atomic mass is 19.1. The molecule has 3 rings (SSSR count). The van der Waals surface area contributed by atoms with E-state index >= 15 is 0 Å². The summed E-state index contributed by atoms with van der Waals surface area (Å²) < 4.78 is 13.6. The van der Waals surface area contributed by atoms with Crippen molar-refractivity contribution in [3.8, 4) is 11.3 Å². The second-order valence-corrected chi connectivity index (χ2v) is 5.97. The van der Waals surface area contributed by atoms with Gasteiger partial charge in [-0.05, 0) is 67.6 Å². The maximum absolute atomic E-state index is 13.6.